The van der Waals surface area contributed by atoms with Crippen LogP contribution in [0.4, 0.5) is 5.69 Å². The van der Waals surface area contributed by atoms with Gasteiger partial charge in [0.2, 0.25) is 0 Å². The number of hydrogen-bond donors (Lipinski definition) is 1. The van der Waals surface area contributed by atoms with E-state index in [1.54, 1.807) is 38.1 Å². The first-order chi connectivity index (χ1) is 9.29. The molecule has 0 unspecified atom stereocenters. The highest BCUT2D eigenvalue weighted by atomic mass is 35.5. The topological polar surface area (TPSA) is 46.2 Å². The zero-order valence-corrected chi connectivity index (χ0v) is 13.1. The van der Waals surface area contributed by atoms with Gasteiger partial charge in [-0.3, -0.25) is 4.72 Å². The zero-order valence-electron chi connectivity index (χ0n) is 11.6. The summed E-state index contributed by atoms with van der Waals surface area (Å²) in [5.41, 5.74) is 3.02. The van der Waals surface area contributed by atoms with Gasteiger partial charge >= 0.3 is 0 Å². The van der Waals surface area contributed by atoms with Crippen LogP contribution in [0.15, 0.2) is 41.3 Å². The molecular weight excluding hydrogens is 294 g/mol. The molecule has 0 heterocycles. The number of aryl methyl sites for hydroxylation is 3. The first-order valence-electron chi connectivity index (χ1n) is 6.16. The Balaban J connectivity index is 2.43. The van der Waals surface area contributed by atoms with Crippen LogP contribution in [0.25, 0.3) is 0 Å². The highest BCUT2D eigenvalue weighted by molar-refractivity contribution is 7.92. The molecule has 1 N–H and O–H groups in total. The van der Waals surface area contributed by atoms with Crippen molar-refractivity contribution in [3.8, 4) is 0 Å². The number of benzene rings is 2. The molecule has 0 bridgehead atoms. The second-order valence-electron chi connectivity index (χ2n) is 4.84. The van der Waals surface area contributed by atoms with Gasteiger partial charge in [0.15, 0.2) is 0 Å². The highest BCUT2D eigenvalue weighted by Crippen LogP contribution is 2.24. The molecule has 2 aromatic rings. The van der Waals surface area contributed by atoms with Crippen LogP contribution < -0.4 is 4.72 Å². The Morgan fingerprint density at radius 2 is 1.45 bits per heavy atom. The molecular formula is C15H16ClNO2S. The van der Waals surface area contributed by atoms with Crippen molar-refractivity contribution >= 4 is 27.3 Å². The quantitative estimate of drug-likeness (QED) is 0.929. The van der Waals surface area contributed by atoms with Crippen molar-refractivity contribution in [1.82, 2.24) is 0 Å². The lowest BCUT2D eigenvalue weighted by molar-refractivity contribution is 0.600. The van der Waals surface area contributed by atoms with Crippen molar-refractivity contribution in [3.05, 3.63) is 58.1 Å². The fraction of sp³-hybridized carbons (Fsp3) is 0.200. The Kier molecular flexibility index (Phi) is 4.06. The smallest absolute Gasteiger partial charge is 0.262 e. The molecule has 3 nitrogen and oxygen atoms in total. The van der Waals surface area contributed by atoms with Gasteiger partial charge in [-0.15, -0.1) is 0 Å². The fourth-order valence-electron chi connectivity index (χ4n) is 2.31. The molecule has 0 aromatic heterocycles. The minimum absolute atomic E-state index is 0.332. The maximum atomic E-state index is 12.5. The van der Waals surface area contributed by atoms with Gasteiger partial charge in [-0.2, -0.15) is 0 Å². The number of rotatable bonds is 3. The Morgan fingerprint density at radius 3 is 1.95 bits per heavy atom. The SMILES string of the molecule is Cc1cc(C)c(S(=O)(=O)Nc2ccc(Cl)cc2)c(C)c1. The van der Waals surface area contributed by atoms with E-state index in [4.69, 9.17) is 11.6 Å². The van der Waals surface area contributed by atoms with Gasteiger partial charge in [0.1, 0.15) is 0 Å². The number of nitrogens with one attached hydrogen (secondary N) is 1. The Hall–Kier alpha value is -1.52. The minimum atomic E-state index is -3.60. The van der Waals surface area contributed by atoms with Crippen LogP contribution in [0.5, 0.6) is 0 Å². The molecule has 2 rings (SSSR count). The van der Waals surface area contributed by atoms with Crippen molar-refractivity contribution in [2.24, 2.45) is 0 Å². The average molecular weight is 310 g/mol. The first-order valence-corrected chi connectivity index (χ1v) is 8.02. The number of hydrogen-bond acceptors (Lipinski definition) is 2. The molecule has 0 radical (unpaired) electrons. The van der Waals surface area contributed by atoms with Gasteiger partial charge in [0.05, 0.1) is 4.90 Å². The maximum absolute atomic E-state index is 12.5. The molecule has 0 aliphatic heterocycles. The van der Waals surface area contributed by atoms with Crippen molar-refractivity contribution < 1.29 is 8.42 Å². The van der Waals surface area contributed by atoms with Crippen LogP contribution in [0, 0.1) is 20.8 Å². The maximum Gasteiger partial charge on any atom is 0.262 e. The van der Waals surface area contributed by atoms with Gasteiger partial charge in [0, 0.05) is 10.7 Å². The third-order valence-electron chi connectivity index (χ3n) is 2.97. The lowest BCUT2D eigenvalue weighted by Crippen LogP contribution is -2.15. The van der Waals surface area contributed by atoms with Crippen LogP contribution in [0.3, 0.4) is 0 Å². The number of sulfonamides is 1. The molecule has 0 fully saturated rings. The second-order valence-corrected chi connectivity index (χ2v) is 6.90. The summed E-state index contributed by atoms with van der Waals surface area (Å²) in [6, 6.07) is 10.3. The summed E-state index contributed by atoms with van der Waals surface area (Å²) < 4.78 is 27.6. The summed E-state index contributed by atoms with van der Waals surface area (Å²) in [6.45, 7) is 5.55. The van der Waals surface area contributed by atoms with Crippen LogP contribution in [0.2, 0.25) is 5.02 Å². The van der Waals surface area contributed by atoms with Gasteiger partial charge in [-0.25, -0.2) is 8.42 Å². The molecule has 0 atom stereocenters. The molecule has 0 spiro atoms. The molecule has 20 heavy (non-hydrogen) atoms. The average Bonchev–Trinajstić information content (AvgIpc) is 2.30. The largest absolute Gasteiger partial charge is 0.280 e. The Bertz CT molecular complexity index is 714. The molecule has 0 aliphatic rings. The van der Waals surface area contributed by atoms with E-state index in [-0.39, 0.29) is 0 Å². The normalized spacial score (nSPS) is 11.4. The van der Waals surface area contributed by atoms with E-state index in [9.17, 15) is 8.42 Å². The van der Waals surface area contributed by atoms with Crippen LogP contribution >= 0.6 is 11.6 Å². The van der Waals surface area contributed by atoms with Gasteiger partial charge in [0.25, 0.3) is 10.0 Å². The minimum Gasteiger partial charge on any atom is -0.280 e. The van der Waals surface area contributed by atoms with Gasteiger partial charge in [-0.1, -0.05) is 29.3 Å². The summed E-state index contributed by atoms with van der Waals surface area (Å²) in [5, 5.41) is 0.565. The van der Waals surface area contributed by atoms with Gasteiger partial charge in [-0.05, 0) is 56.2 Å². The van der Waals surface area contributed by atoms with Crippen molar-refractivity contribution in [3.63, 3.8) is 0 Å². The van der Waals surface area contributed by atoms with Crippen molar-refractivity contribution in [2.75, 3.05) is 4.72 Å². The zero-order chi connectivity index (χ0) is 14.9. The third-order valence-corrected chi connectivity index (χ3v) is 4.91. The molecule has 0 saturated heterocycles. The van der Waals surface area contributed by atoms with Crippen LogP contribution in [-0.4, -0.2) is 8.42 Å². The lowest BCUT2D eigenvalue weighted by atomic mass is 10.1. The van der Waals surface area contributed by atoms with E-state index in [1.807, 2.05) is 19.1 Å². The Morgan fingerprint density at radius 1 is 0.950 bits per heavy atom. The van der Waals surface area contributed by atoms with E-state index < -0.39 is 10.0 Å². The molecule has 106 valence electrons. The van der Waals surface area contributed by atoms with E-state index in [0.717, 1.165) is 16.7 Å². The molecule has 0 aliphatic carbocycles. The van der Waals surface area contributed by atoms with E-state index in [0.29, 0.717) is 15.6 Å². The summed E-state index contributed by atoms with van der Waals surface area (Å²) in [5.74, 6) is 0. The molecule has 0 amide bonds. The predicted octanol–water partition coefficient (Wildman–Crippen LogP) is 4.07. The van der Waals surface area contributed by atoms with Crippen molar-refractivity contribution in [1.29, 1.82) is 0 Å². The predicted molar refractivity (Wildman–Crippen MR) is 82.9 cm³/mol. The van der Waals surface area contributed by atoms with E-state index in [1.165, 1.54) is 0 Å². The monoisotopic (exact) mass is 309 g/mol. The molecule has 0 saturated carbocycles. The number of halogens is 1. The summed E-state index contributed by atoms with van der Waals surface area (Å²) in [7, 11) is -3.60. The van der Waals surface area contributed by atoms with E-state index >= 15 is 0 Å². The fourth-order valence-corrected chi connectivity index (χ4v) is 3.95. The molecule has 2 aromatic carbocycles. The Labute approximate surface area is 124 Å². The number of anilines is 1. The van der Waals surface area contributed by atoms with E-state index in [2.05, 4.69) is 4.72 Å². The van der Waals surface area contributed by atoms with Crippen LogP contribution in [-0.2, 0) is 10.0 Å². The van der Waals surface area contributed by atoms with Crippen LogP contribution in [0.1, 0.15) is 16.7 Å². The first kappa shape index (κ1) is 14.9. The molecule has 5 heteroatoms. The summed E-state index contributed by atoms with van der Waals surface area (Å²) >= 11 is 5.79. The third kappa shape index (κ3) is 3.14. The lowest BCUT2D eigenvalue weighted by Gasteiger charge is -2.13. The van der Waals surface area contributed by atoms with Gasteiger partial charge < -0.3 is 0 Å². The summed E-state index contributed by atoms with van der Waals surface area (Å²) in [4.78, 5) is 0.332. The van der Waals surface area contributed by atoms with Crippen molar-refractivity contribution in [2.45, 2.75) is 25.7 Å². The second kappa shape index (κ2) is 5.46. The standard InChI is InChI=1S/C15H16ClNO2S/c1-10-8-11(2)15(12(3)9-10)20(18,19)17-14-6-4-13(16)5-7-14/h4-9,17H,1-3H3. The summed E-state index contributed by atoms with van der Waals surface area (Å²) in [6.07, 6.45) is 0. The highest BCUT2D eigenvalue weighted by Gasteiger charge is 2.19.